The normalized spacial score (nSPS) is 28.4. The van der Waals surface area contributed by atoms with E-state index >= 15 is 0 Å². The topological polar surface area (TPSA) is 72.6 Å². The second-order valence-electron chi connectivity index (χ2n) is 5.66. The molecular weight excluding hydrogens is 244 g/mol. The molecule has 2 N–H and O–H groups in total. The van der Waals surface area contributed by atoms with Gasteiger partial charge in [0.25, 0.3) is 0 Å². The third-order valence-electron chi connectivity index (χ3n) is 4.62. The van der Waals surface area contributed by atoms with Crippen LogP contribution in [0.2, 0.25) is 0 Å². The molecule has 1 amide bonds. The summed E-state index contributed by atoms with van der Waals surface area (Å²) in [6, 6.07) is 0. The number of ether oxygens (including phenoxy) is 1. The van der Waals surface area contributed by atoms with Gasteiger partial charge in [-0.15, -0.1) is 0 Å². The third-order valence-corrected chi connectivity index (χ3v) is 4.62. The molecule has 0 aromatic heterocycles. The molecule has 2 unspecified atom stereocenters. The smallest absolute Gasteiger partial charge is 0.308 e. The summed E-state index contributed by atoms with van der Waals surface area (Å²) in [4.78, 5) is 25.8. The molecule has 0 aromatic carbocycles. The van der Waals surface area contributed by atoms with E-state index in [2.05, 4.69) is 0 Å². The van der Waals surface area contributed by atoms with Crippen LogP contribution in [-0.2, 0) is 14.3 Å². The molecule has 1 saturated heterocycles. The molecule has 0 bridgehead atoms. The SMILES string of the molecule is COC(=O)C1CCN(C(=O)C2CCCC2CN)CC1. The highest BCUT2D eigenvalue weighted by Gasteiger charge is 2.36. The van der Waals surface area contributed by atoms with Crippen LogP contribution < -0.4 is 5.73 Å². The molecule has 5 nitrogen and oxygen atoms in total. The van der Waals surface area contributed by atoms with Crippen LogP contribution in [0.15, 0.2) is 0 Å². The van der Waals surface area contributed by atoms with Crippen LogP contribution in [0.4, 0.5) is 0 Å². The Labute approximate surface area is 114 Å². The van der Waals surface area contributed by atoms with Crippen molar-refractivity contribution >= 4 is 11.9 Å². The summed E-state index contributed by atoms with van der Waals surface area (Å²) in [6.07, 6.45) is 4.59. The minimum absolute atomic E-state index is 0.0390. The van der Waals surface area contributed by atoms with Crippen molar-refractivity contribution in [1.82, 2.24) is 4.90 Å². The fraction of sp³-hybridized carbons (Fsp3) is 0.857. The van der Waals surface area contributed by atoms with Crippen molar-refractivity contribution in [3.05, 3.63) is 0 Å². The Morgan fingerprint density at radius 3 is 2.47 bits per heavy atom. The zero-order chi connectivity index (χ0) is 13.8. The van der Waals surface area contributed by atoms with Crippen LogP contribution in [-0.4, -0.2) is 43.5 Å². The van der Waals surface area contributed by atoms with Gasteiger partial charge in [-0.05, 0) is 38.1 Å². The van der Waals surface area contributed by atoms with Crippen LogP contribution in [0.1, 0.15) is 32.1 Å². The van der Waals surface area contributed by atoms with Crippen molar-refractivity contribution in [3.8, 4) is 0 Å². The van der Waals surface area contributed by atoms with E-state index in [0.717, 1.165) is 32.1 Å². The number of likely N-dealkylation sites (tertiary alicyclic amines) is 1. The summed E-state index contributed by atoms with van der Waals surface area (Å²) in [5.74, 6) is 0.525. The average Bonchev–Trinajstić information content (AvgIpc) is 2.94. The summed E-state index contributed by atoms with van der Waals surface area (Å²) in [5, 5.41) is 0. The first-order valence-electron chi connectivity index (χ1n) is 7.24. The third kappa shape index (κ3) is 3.08. The number of esters is 1. The summed E-state index contributed by atoms with van der Waals surface area (Å²) < 4.78 is 4.76. The van der Waals surface area contributed by atoms with Gasteiger partial charge in [-0.2, -0.15) is 0 Å². The lowest BCUT2D eigenvalue weighted by molar-refractivity contribution is -0.149. The van der Waals surface area contributed by atoms with Crippen molar-refractivity contribution in [1.29, 1.82) is 0 Å². The van der Waals surface area contributed by atoms with Gasteiger partial charge >= 0.3 is 5.97 Å². The van der Waals surface area contributed by atoms with Crippen LogP contribution in [0.5, 0.6) is 0 Å². The second kappa shape index (κ2) is 6.37. The van der Waals surface area contributed by atoms with E-state index in [-0.39, 0.29) is 23.7 Å². The molecule has 2 fully saturated rings. The van der Waals surface area contributed by atoms with Gasteiger partial charge in [0, 0.05) is 19.0 Å². The number of carbonyl (C=O) groups is 2. The predicted octanol–water partition coefficient (Wildman–Crippen LogP) is 0.773. The Morgan fingerprint density at radius 1 is 1.21 bits per heavy atom. The molecular formula is C14H24N2O3. The summed E-state index contributed by atoms with van der Waals surface area (Å²) in [5.41, 5.74) is 5.74. The maximum atomic E-state index is 12.5. The van der Waals surface area contributed by atoms with Crippen LogP contribution in [0, 0.1) is 17.8 Å². The molecule has 1 aliphatic carbocycles. The van der Waals surface area contributed by atoms with E-state index in [1.165, 1.54) is 7.11 Å². The van der Waals surface area contributed by atoms with Crippen LogP contribution >= 0.6 is 0 Å². The number of piperidine rings is 1. The molecule has 1 heterocycles. The number of nitrogens with zero attached hydrogens (tertiary/aromatic N) is 1. The number of carbonyl (C=O) groups excluding carboxylic acids is 2. The molecule has 2 rings (SSSR count). The molecule has 2 atom stereocenters. The fourth-order valence-electron chi connectivity index (χ4n) is 3.38. The number of methoxy groups -OCH3 is 1. The minimum Gasteiger partial charge on any atom is -0.469 e. The van der Waals surface area contributed by atoms with Crippen LogP contribution in [0.25, 0.3) is 0 Å². The number of nitrogens with two attached hydrogens (primary N) is 1. The quantitative estimate of drug-likeness (QED) is 0.767. The highest BCUT2D eigenvalue weighted by molar-refractivity contribution is 5.80. The summed E-state index contributed by atoms with van der Waals surface area (Å²) in [6.45, 7) is 1.95. The summed E-state index contributed by atoms with van der Waals surface area (Å²) >= 11 is 0. The predicted molar refractivity (Wildman–Crippen MR) is 71.2 cm³/mol. The minimum atomic E-state index is -0.146. The van der Waals surface area contributed by atoms with E-state index in [9.17, 15) is 9.59 Å². The van der Waals surface area contributed by atoms with Crippen molar-refractivity contribution in [3.63, 3.8) is 0 Å². The largest absolute Gasteiger partial charge is 0.469 e. The van der Waals surface area contributed by atoms with Gasteiger partial charge in [-0.25, -0.2) is 0 Å². The van der Waals surface area contributed by atoms with Gasteiger partial charge < -0.3 is 15.4 Å². The molecule has 0 radical (unpaired) electrons. The zero-order valence-corrected chi connectivity index (χ0v) is 11.6. The number of hydrogen-bond donors (Lipinski definition) is 1. The highest BCUT2D eigenvalue weighted by atomic mass is 16.5. The average molecular weight is 268 g/mol. The van der Waals surface area contributed by atoms with E-state index in [1.54, 1.807) is 0 Å². The Bertz CT molecular complexity index is 338. The van der Waals surface area contributed by atoms with E-state index < -0.39 is 0 Å². The molecule has 0 spiro atoms. The fourth-order valence-corrected chi connectivity index (χ4v) is 3.38. The van der Waals surface area contributed by atoms with E-state index in [1.807, 2.05) is 4.90 Å². The first-order valence-corrected chi connectivity index (χ1v) is 7.24. The van der Waals surface area contributed by atoms with Gasteiger partial charge in [0.15, 0.2) is 0 Å². The summed E-state index contributed by atoms with van der Waals surface area (Å²) in [7, 11) is 1.42. The van der Waals surface area contributed by atoms with Crippen molar-refractivity contribution in [2.75, 3.05) is 26.7 Å². The first kappa shape index (κ1) is 14.3. The Kier molecular flexibility index (Phi) is 4.80. The van der Waals surface area contributed by atoms with Crippen LogP contribution in [0.3, 0.4) is 0 Å². The highest BCUT2D eigenvalue weighted by Crippen LogP contribution is 2.33. The molecule has 5 heteroatoms. The van der Waals surface area contributed by atoms with Gasteiger partial charge in [0.05, 0.1) is 13.0 Å². The Hall–Kier alpha value is -1.10. The van der Waals surface area contributed by atoms with Gasteiger partial charge in [0.1, 0.15) is 0 Å². The lowest BCUT2D eigenvalue weighted by atomic mass is 9.92. The maximum absolute atomic E-state index is 12.5. The molecule has 0 aromatic rings. The number of amides is 1. The lowest BCUT2D eigenvalue weighted by Crippen LogP contribution is -2.44. The van der Waals surface area contributed by atoms with Gasteiger partial charge in [-0.3, -0.25) is 9.59 Å². The molecule has 19 heavy (non-hydrogen) atoms. The van der Waals surface area contributed by atoms with E-state index in [0.29, 0.717) is 25.6 Å². The number of rotatable bonds is 3. The molecule has 108 valence electrons. The number of hydrogen-bond acceptors (Lipinski definition) is 4. The van der Waals surface area contributed by atoms with Gasteiger partial charge in [0.2, 0.25) is 5.91 Å². The molecule has 2 aliphatic rings. The second-order valence-corrected chi connectivity index (χ2v) is 5.66. The Balaban J connectivity index is 1.87. The monoisotopic (exact) mass is 268 g/mol. The zero-order valence-electron chi connectivity index (χ0n) is 11.6. The standard InChI is InChI=1S/C14H24N2O3/c1-19-14(18)10-5-7-16(8-6-10)13(17)12-4-2-3-11(12)9-15/h10-12H,2-9,15H2,1H3. The Morgan fingerprint density at radius 2 is 1.89 bits per heavy atom. The first-order chi connectivity index (χ1) is 9.17. The van der Waals surface area contributed by atoms with Crippen molar-refractivity contribution in [2.24, 2.45) is 23.5 Å². The van der Waals surface area contributed by atoms with Crippen molar-refractivity contribution < 1.29 is 14.3 Å². The van der Waals surface area contributed by atoms with Crippen molar-refractivity contribution in [2.45, 2.75) is 32.1 Å². The molecule has 1 saturated carbocycles. The van der Waals surface area contributed by atoms with E-state index in [4.69, 9.17) is 10.5 Å². The molecule has 1 aliphatic heterocycles. The lowest BCUT2D eigenvalue weighted by Gasteiger charge is -2.33. The maximum Gasteiger partial charge on any atom is 0.308 e. The van der Waals surface area contributed by atoms with Gasteiger partial charge in [-0.1, -0.05) is 6.42 Å².